The number of anilines is 1. The third-order valence-electron chi connectivity index (χ3n) is 4.82. The summed E-state index contributed by atoms with van der Waals surface area (Å²) in [6.07, 6.45) is 0.225. The summed E-state index contributed by atoms with van der Waals surface area (Å²) in [5, 5.41) is 4.05. The highest BCUT2D eigenvalue weighted by molar-refractivity contribution is 5.96. The standard InChI is InChI=1S/C20H18FN3O2/c1-12-7-8-14(9-13(12)2)19-22-20(26-23-19)15-10-18(25)24(11-15)17-6-4-3-5-16(17)21/h3-9,15H,10-11H2,1-2H3. The van der Waals surface area contributed by atoms with Gasteiger partial charge in [0, 0.05) is 18.5 Å². The molecule has 26 heavy (non-hydrogen) atoms. The van der Waals surface area contributed by atoms with Crippen molar-refractivity contribution in [3.63, 3.8) is 0 Å². The van der Waals surface area contributed by atoms with Crippen molar-refractivity contribution in [2.45, 2.75) is 26.2 Å². The SMILES string of the molecule is Cc1ccc(-c2noc(C3CC(=O)N(c4ccccc4F)C3)n2)cc1C. The van der Waals surface area contributed by atoms with Crippen molar-refractivity contribution < 1.29 is 13.7 Å². The fourth-order valence-corrected chi connectivity index (χ4v) is 3.18. The second-order valence-electron chi connectivity index (χ2n) is 6.61. The lowest BCUT2D eigenvalue weighted by Gasteiger charge is -2.16. The first-order valence-electron chi connectivity index (χ1n) is 8.49. The van der Waals surface area contributed by atoms with E-state index in [-0.39, 0.29) is 23.9 Å². The van der Waals surface area contributed by atoms with E-state index in [4.69, 9.17) is 4.52 Å². The number of carbonyl (C=O) groups is 1. The molecule has 1 aliphatic rings. The van der Waals surface area contributed by atoms with Crippen molar-refractivity contribution in [1.82, 2.24) is 10.1 Å². The molecule has 0 bridgehead atoms. The Balaban J connectivity index is 1.58. The lowest BCUT2D eigenvalue weighted by Crippen LogP contribution is -2.25. The number of aromatic nitrogens is 2. The van der Waals surface area contributed by atoms with Gasteiger partial charge in [0.15, 0.2) is 0 Å². The molecule has 0 radical (unpaired) electrons. The summed E-state index contributed by atoms with van der Waals surface area (Å²) >= 11 is 0. The Morgan fingerprint density at radius 3 is 2.73 bits per heavy atom. The van der Waals surface area contributed by atoms with Gasteiger partial charge in [0.1, 0.15) is 5.82 Å². The molecule has 2 heterocycles. The largest absolute Gasteiger partial charge is 0.339 e. The van der Waals surface area contributed by atoms with Gasteiger partial charge in [-0.05, 0) is 43.2 Å². The third kappa shape index (κ3) is 2.87. The van der Waals surface area contributed by atoms with Crippen molar-refractivity contribution in [3.8, 4) is 11.4 Å². The van der Waals surface area contributed by atoms with Gasteiger partial charge in [0.2, 0.25) is 17.6 Å². The molecule has 1 aliphatic heterocycles. The van der Waals surface area contributed by atoms with Crippen LogP contribution >= 0.6 is 0 Å². The molecule has 5 nitrogen and oxygen atoms in total. The Labute approximate surface area is 150 Å². The Morgan fingerprint density at radius 1 is 1.15 bits per heavy atom. The van der Waals surface area contributed by atoms with Crippen molar-refractivity contribution in [2.75, 3.05) is 11.4 Å². The van der Waals surface area contributed by atoms with Gasteiger partial charge >= 0.3 is 0 Å². The summed E-state index contributed by atoms with van der Waals surface area (Å²) in [5.41, 5.74) is 3.50. The molecule has 1 fully saturated rings. The fraction of sp³-hybridized carbons (Fsp3) is 0.250. The third-order valence-corrected chi connectivity index (χ3v) is 4.82. The van der Waals surface area contributed by atoms with Crippen LogP contribution < -0.4 is 4.90 Å². The minimum Gasteiger partial charge on any atom is -0.339 e. The fourth-order valence-electron chi connectivity index (χ4n) is 3.18. The lowest BCUT2D eigenvalue weighted by atomic mass is 10.1. The quantitative estimate of drug-likeness (QED) is 0.715. The average molecular weight is 351 g/mol. The molecule has 4 rings (SSSR count). The number of hydrogen-bond donors (Lipinski definition) is 0. The van der Waals surface area contributed by atoms with Crippen LogP contribution in [-0.4, -0.2) is 22.6 Å². The van der Waals surface area contributed by atoms with Crippen LogP contribution in [0.5, 0.6) is 0 Å². The van der Waals surface area contributed by atoms with Crippen LogP contribution in [0.3, 0.4) is 0 Å². The summed E-state index contributed by atoms with van der Waals surface area (Å²) in [5.74, 6) is 0.106. The molecule has 1 aromatic heterocycles. The van der Waals surface area contributed by atoms with Gasteiger partial charge in [-0.3, -0.25) is 4.79 Å². The molecule has 2 aromatic carbocycles. The number of aryl methyl sites for hydroxylation is 2. The molecule has 0 spiro atoms. The van der Waals surface area contributed by atoms with Gasteiger partial charge in [0.05, 0.1) is 11.6 Å². The molecular formula is C20H18FN3O2. The zero-order chi connectivity index (χ0) is 18.3. The summed E-state index contributed by atoms with van der Waals surface area (Å²) in [6.45, 7) is 4.40. The van der Waals surface area contributed by atoms with Gasteiger partial charge in [-0.15, -0.1) is 0 Å². The molecule has 1 unspecified atom stereocenters. The molecule has 0 saturated carbocycles. The zero-order valence-electron chi connectivity index (χ0n) is 14.6. The van der Waals surface area contributed by atoms with E-state index in [0.717, 1.165) is 11.1 Å². The van der Waals surface area contributed by atoms with Crippen molar-refractivity contribution in [1.29, 1.82) is 0 Å². The van der Waals surface area contributed by atoms with Crippen LogP contribution in [0, 0.1) is 19.7 Å². The Kier molecular flexibility index (Phi) is 4.03. The highest BCUT2D eigenvalue weighted by Crippen LogP contribution is 2.33. The minimum atomic E-state index is -0.414. The predicted octanol–water partition coefficient (Wildman–Crippen LogP) is 4.01. The molecular weight excluding hydrogens is 333 g/mol. The number of rotatable bonds is 3. The average Bonchev–Trinajstić information content (AvgIpc) is 3.25. The number of benzene rings is 2. The van der Waals surface area contributed by atoms with Crippen LogP contribution in [0.2, 0.25) is 0 Å². The number of para-hydroxylation sites is 1. The van der Waals surface area contributed by atoms with Crippen LogP contribution in [0.25, 0.3) is 11.4 Å². The maximum absolute atomic E-state index is 14.0. The topological polar surface area (TPSA) is 59.2 Å². The number of hydrogen-bond acceptors (Lipinski definition) is 4. The van der Waals surface area contributed by atoms with Crippen LogP contribution in [0.1, 0.15) is 29.4 Å². The first-order valence-corrected chi connectivity index (χ1v) is 8.49. The summed E-state index contributed by atoms with van der Waals surface area (Å²) in [6, 6.07) is 12.2. The van der Waals surface area contributed by atoms with Gasteiger partial charge < -0.3 is 9.42 Å². The van der Waals surface area contributed by atoms with E-state index < -0.39 is 5.82 Å². The van der Waals surface area contributed by atoms with E-state index in [1.54, 1.807) is 18.2 Å². The molecule has 0 aliphatic carbocycles. The maximum Gasteiger partial charge on any atom is 0.232 e. The summed E-state index contributed by atoms with van der Waals surface area (Å²) < 4.78 is 19.4. The van der Waals surface area contributed by atoms with Gasteiger partial charge in [-0.2, -0.15) is 4.98 Å². The molecule has 3 aromatic rings. The van der Waals surface area contributed by atoms with E-state index in [1.165, 1.54) is 16.5 Å². The lowest BCUT2D eigenvalue weighted by molar-refractivity contribution is -0.117. The van der Waals surface area contributed by atoms with E-state index in [1.807, 2.05) is 32.0 Å². The van der Waals surface area contributed by atoms with Crippen molar-refractivity contribution >= 4 is 11.6 Å². The summed E-state index contributed by atoms with van der Waals surface area (Å²) in [4.78, 5) is 18.3. The van der Waals surface area contributed by atoms with Crippen LogP contribution in [0.15, 0.2) is 47.0 Å². The molecule has 0 N–H and O–H groups in total. The Hall–Kier alpha value is -3.02. The predicted molar refractivity (Wildman–Crippen MR) is 95.3 cm³/mol. The molecule has 1 atom stereocenters. The maximum atomic E-state index is 14.0. The first kappa shape index (κ1) is 16.4. The molecule has 1 saturated heterocycles. The molecule has 1 amide bonds. The monoisotopic (exact) mass is 351 g/mol. The van der Waals surface area contributed by atoms with Gasteiger partial charge in [0.25, 0.3) is 0 Å². The number of nitrogens with zero attached hydrogens (tertiary/aromatic N) is 3. The second kappa shape index (κ2) is 6.37. The van der Waals surface area contributed by atoms with Gasteiger partial charge in [-0.25, -0.2) is 4.39 Å². The molecule has 6 heteroatoms. The first-order chi connectivity index (χ1) is 12.5. The Morgan fingerprint density at radius 2 is 1.96 bits per heavy atom. The minimum absolute atomic E-state index is 0.147. The highest BCUT2D eigenvalue weighted by Gasteiger charge is 2.36. The van der Waals surface area contributed by atoms with Gasteiger partial charge in [-0.1, -0.05) is 29.4 Å². The van der Waals surface area contributed by atoms with Crippen LogP contribution in [0.4, 0.5) is 10.1 Å². The number of halogens is 1. The van der Waals surface area contributed by atoms with E-state index in [9.17, 15) is 9.18 Å². The van der Waals surface area contributed by atoms with E-state index in [0.29, 0.717) is 18.3 Å². The number of carbonyl (C=O) groups excluding carboxylic acids is 1. The normalized spacial score (nSPS) is 17.1. The molecule has 132 valence electrons. The zero-order valence-corrected chi connectivity index (χ0v) is 14.6. The smallest absolute Gasteiger partial charge is 0.232 e. The number of amides is 1. The summed E-state index contributed by atoms with van der Waals surface area (Å²) in [7, 11) is 0. The van der Waals surface area contributed by atoms with E-state index in [2.05, 4.69) is 10.1 Å². The van der Waals surface area contributed by atoms with Crippen molar-refractivity contribution in [3.05, 3.63) is 65.3 Å². The van der Waals surface area contributed by atoms with Crippen LogP contribution in [-0.2, 0) is 4.79 Å². The van der Waals surface area contributed by atoms with Crippen molar-refractivity contribution in [2.24, 2.45) is 0 Å². The van der Waals surface area contributed by atoms with E-state index >= 15 is 0 Å². The Bertz CT molecular complexity index is 983. The highest BCUT2D eigenvalue weighted by atomic mass is 19.1. The second-order valence-corrected chi connectivity index (χ2v) is 6.61.